The summed E-state index contributed by atoms with van der Waals surface area (Å²) in [7, 11) is 0. The van der Waals surface area contributed by atoms with Gasteiger partial charge in [-0.2, -0.15) is 0 Å². The lowest BCUT2D eigenvalue weighted by Gasteiger charge is -2.16. The van der Waals surface area contributed by atoms with Crippen molar-refractivity contribution in [1.29, 1.82) is 0 Å². The zero-order valence-electron chi connectivity index (χ0n) is 11.6. The smallest absolute Gasteiger partial charge is 0.255 e. The summed E-state index contributed by atoms with van der Waals surface area (Å²) in [4.78, 5) is 12.5. The highest BCUT2D eigenvalue weighted by molar-refractivity contribution is 5.11. The van der Waals surface area contributed by atoms with Crippen molar-refractivity contribution in [3.63, 3.8) is 0 Å². The SMILES string of the molecule is O=c1c(CNC2CCCC2)cccn1C1CCCC1. The topological polar surface area (TPSA) is 34.0 Å². The van der Waals surface area contributed by atoms with Crippen LogP contribution in [0.1, 0.15) is 63.0 Å². The normalized spacial score (nSPS) is 21.3. The van der Waals surface area contributed by atoms with Gasteiger partial charge in [-0.1, -0.05) is 31.7 Å². The predicted molar refractivity (Wildman–Crippen MR) is 77.3 cm³/mol. The van der Waals surface area contributed by atoms with Gasteiger partial charge in [0, 0.05) is 30.4 Å². The van der Waals surface area contributed by atoms with Crippen molar-refractivity contribution in [3.8, 4) is 0 Å². The molecule has 0 atom stereocenters. The molecule has 3 rings (SSSR count). The van der Waals surface area contributed by atoms with E-state index in [1.807, 2.05) is 22.9 Å². The van der Waals surface area contributed by atoms with E-state index >= 15 is 0 Å². The van der Waals surface area contributed by atoms with Gasteiger partial charge in [0.15, 0.2) is 0 Å². The summed E-state index contributed by atoms with van der Waals surface area (Å²) in [5.74, 6) is 0. The molecule has 0 aromatic carbocycles. The van der Waals surface area contributed by atoms with Crippen molar-refractivity contribution < 1.29 is 0 Å². The fourth-order valence-electron chi connectivity index (χ4n) is 3.55. The van der Waals surface area contributed by atoms with Gasteiger partial charge in [-0.15, -0.1) is 0 Å². The number of aromatic nitrogens is 1. The fourth-order valence-corrected chi connectivity index (χ4v) is 3.55. The van der Waals surface area contributed by atoms with Crippen molar-refractivity contribution in [1.82, 2.24) is 9.88 Å². The third kappa shape index (κ3) is 2.92. The summed E-state index contributed by atoms with van der Waals surface area (Å²) in [5.41, 5.74) is 1.15. The number of pyridine rings is 1. The number of nitrogens with one attached hydrogen (secondary N) is 1. The molecular weight excluding hydrogens is 236 g/mol. The molecule has 0 unspecified atom stereocenters. The van der Waals surface area contributed by atoms with Crippen LogP contribution in [0.25, 0.3) is 0 Å². The number of hydrogen-bond acceptors (Lipinski definition) is 2. The first-order valence-corrected chi connectivity index (χ1v) is 7.78. The molecule has 0 saturated heterocycles. The van der Waals surface area contributed by atoms with Gasteiger partial charge in [0.25, 0.3) is 5.56 Å². The molecule has 3 nitrogen and oxygen atoms in total. The number of nitrogens with zero attached hydrogens (tertiary/aromatic N) is 1. The zero-order chi connectivity index (χ0) is 13.1. The van der Waals surface area contributed by atoms with E-state index in [9.17, 15) is 4.79 Å². The summed E-state index contributed by atoms with van der Waals surface area (Å²) in [6, 6.07) is 5.08. The Kier molecular flexibility index (Phi) is 4.02. The standard InChI is InChI=1S/C16H24N2O/c19-16-13(12-17-14-7-1-2-8-14)6-5-11-18(16)15-9-3-4-10-15/h5-6,11,14-15,17H,1-4,7-10,12H2. The minimum atomic E-state index is 0.222. The molecule has 1 heterocycles. The van der Waals surface area contributed by atoms with Gasteiger partial charge in [-0.3, -0.25) is 4.79 Å². The third-order valence-electron chi connectivity index (χ3n) is 4.71. The quantitative estimate of drug-likeness (QED) is 0.903. The van der Waals surface area contributed by atoms with E-state index < -0.39 is 0 Å². The maximum Gasteiger partial charge on any atom is 0.255 e. The van der Waals surface area contributed by atoms with Crippen LogP contribution in [0, 0.1) is 0 Å². The Labute approximate surface area is 115 Å². The monoisotopic (exact) mass is 260 g/mol. The second-order valence-corrected chi connectivity index (χ2v) is 6.05. The van der Waals surface area contributed by atoms with Gasteiger partial charge >= 0.3 is 0 Å². The number of hydrogen-bond donors (Lipinski definition) is 1. The average Bonchev–Trinajstić information content (AvgIpc) is 3.11. The summed E-state index contributed by atoms with van der Waals surface area (Å²) >= 11 is 0. The van der Waals surface area contributed by atoms with Crippen LogP contribution in [0.3, 0.4) is 0 Å². The molecule has 0 radical (unpaired) electrons. The van der Waals surface area contributed by atoms with E-state index in [2.05, 4.69) is 5.32 Å². The summed E-state index contributed by atoms with van der Waals surface area (Å²) in [6.45, 7) is 0.733. The van der Waals surface area contributed by atoms with Crippen LogP contribution < -0.4 is 10.9 Å². The van der Waals surface area contributed by atoms with Gasteiger partial charge in [0.05, 0.1) is 0 Å². The van der Waals surface area contributed by atoms with Crippen molar-refractivity contribution in [3.05, 3.63) is 34.2 Å². The molecule has 2 fully saturated rings. The average molecular weight is 260 g/mol. The van der Waals surface area contributed by atoms with Crippen LogP contribution >= 0.6 is 0 Å². The van der Waals surface area contributed by atoms with E-state index in [0.717, 1.165) is 12.1 Å². The molecule has 19 heavy (non-hydrogen) atoms. The van der Waals surface area contributed by atoms with E-state index in [1.165, 1.54) is 51.4 Å². The van der Waals surface area contributed by atoms with Crippen LogP contribution in [0.5, 0.6) is 0 Å². The maximum absolute atomic E-state index is 12.5. The highest BCUT2D eigenvalue weighted by Crippen LogP contribution is 2.28. The van der Waals surface area contributed by atoms with Crippen molar-refractivity contribution in [2.45, 2.75) is 70.0 Å². The largest absolute Gasteiger partial charge is 0.312 e. The molecule has 0 amide bonds. The van der Waals surface area contributed by atoms with Gasteiger partial charge in [0.1, 0.15) is 0 Å². The van der Waals surface area contributed by atoms with E-state index in [-0.39, 0.29) is 5.56 Å². The van der Waals surface area contributed by atoms with Crippen LogP contribution in [-0.4, -0.2) is 10.6 Å². The first-order chi connectivity index (χ1) is 9.34. The predicted octanol–water partition coefficient (Wildman–Crippen LogP) is 3.00. The summed E-state index contributed by atoms with van der Waals surface area (Å²) < 4.78 is 1.97. The molecule has 3 heteroatoms. The first kappa shape index (κ1) is 12.9. The molecule has 2 aliphatic carbocycles. The molecule has 2 saturated carbocycles. The highest BCUT2D eigenvalue weighted by atomic mass is 16.1. The van der Waals surface area contributed by atoms with Crippen LogP contribution in [0.2, 0.25) is 0 Å². The molecule has 2 aliphatic rings. The molecular formula is C16H24N2O. The Hall–Kier alpha value is -1.09. The van der Waals surface area contributed by atoms with Gasteiger partial charge < -0.3 is 9.88 Å². The highest BCUT2D eigenvalue weighted by Gasteiger charge is 2.19. The maximum atomic E-state index is 12.5. The molecule has 1 aromatic heterocycles. The molecule has 0 aliphatic heterocycles. The first-order valence-electron chi connectivity index (χ1n) is 7.78. The van der Waals surface area contributed by atoms with E-state index in [1.54, 1.807) is 0 Å². The van der Waals surface area contributed by atoms with Crippen molar-refractivity contribution in [2.24, 2.45) is 0 Å². The third-order valence-corrected chi connectivity index (χ3v) is 4.71. The zero-order valence-corrected chi connectivity index (χ0v) is 11.6. The van der Waals surface area contributed by atoms with Crippen molar-refractivity contribution in [2.75, 3.05) is 0 Å². The lowest BCUT2D eigenvalue weighted by Crippen LogP contribution is -2.32. The Morgan fingerprint density at radius 3 is 2.53 bits per heavy atom. The minimum absolute atomic E-state index is 0.222. The van der Waals surface area contributed by atoms with Gasteiger partial charge in [0.2, 0.25) is 0 Å². The minimum Gasteiger partial charge on any atom is -0.312 e. The van der Waals surface area contributed by atoms with Crippen LogP contribution in [0.15, 0.2) is 23.1 Å². The van der Waals surface area contributed by atoms with Crippen molar-refractivity contribution >= 4 is 0 Å². The lowest BCUT2D eigenvalue weighted by molar-refractivity contribution is 0.487. The Morgan fingerprint density at radius 1 is 1.11 bits per heavy atom. The second kappa shape index (κ2) is 5.91. The Bertz CT molecular complexity index is 468. The van der Waals surface area contributed by atoms with Gasteiger partial charge in [-0.05, 0) is 31.7 Å². The molecule has 104 valence electrons. The fraction of sp³-hybridized carbons (Fsp3) is 0.688. The Morgan fingerprint density at radius 2 is 1.79 bits per heavy atom. The van der Waals surface area contributed by atoms with Crippen LogP contribution in [-0.2, 0) is 6.54 Å². The van der Waals surface area contributed by atoms with Crippen LogP contribution in [0.4, 0.5) is 0 Å². The second-order valence-electron chi connectivity index (χ2n) is 6.05. The van der Waals surface area contributed by atoms with E-state index in [0.29, 0.717) is 12.1 Å². The molecule has 1 aromatic rings. The molecule has 1 N–H and O–H groups in total. The van der Waals surface area contributed by atoms with E-state index in [4.69, 9.17) is 0 Å². The molecule has 0 spiro atoms. The summed E-state index contributed by atoms with van der Waals surface area (Å²) in [6.07, 6.45) is 12.0. The Balaban J connectivity index is 1.70. The van der Waals surface area contributed by atoms with Gasteiger partial charge in [-0.25, -0.2) is 0 Å². The number of rotatable bonds is 4. The molecule has 0 bridgehead atoms. The lowest BCUT2D eigenvalue weighted by atomic mass is 10.2. The summed E-state index contributed by atoms with van der Waals surface area (Å²) in [5, 5.41) is 3.54.